The van der Waals surface area contributed by atoms with Crippen molar-refractivity contribution in [3.05, 3.63) is 82.3 Å². The number of likely N-dealkylation sites (tertiary alicyclic amines) is 1. The number of fused-ring (bicyclic) bond motifs is 4. The normalized spacial score (nSPS) is 19.6. The van der Waals surface area contributed by atoms with Gasteiger partial charge in [0.1, 0.15) is 5.75 Å². The smallest absolute Gasteiger partial charge is 0.250 e. The van der Waals surface area contributed by atoms with Gasteiger partial charge >= 0.3 is 0 Å². The monoisotopic (exact) mass is 443 g/mol. The van der Waals surface area contributed by atoms with Crippen LogP contribution in [-0.2, 0) is 17.9 Å². The van der Waals surface area contributed by atoms with E-state index in [9.17, 15) is 9.59 Å². The first-order valence-corrected chi connectivity index (χ1v) is 11.5. The molecular formula is C27H29N3O3. The zero-order chi connectivity index (χ0) is 22.9. The highest BCUT2D eigenvalue weighted by molar-refractivity contribution is 5.89. The molecule has 0 radical (unpaired) electrons. The maximum absolute atomic E-state index is 12.8. The van der Waals surface area contributed by atoms with Crippen molar-refractivity contribution in [1.29, 1.82) is 0 Å². The molecule has 1 saturated heterocycles. The molecule has 2 aromatic carbocycles. The van der Waals surface area contributed by atoms with Gasteiger partial charge in [0.15, 0.2) is 0 Å². The third kappa shape index (κ3) is 4.44. The number of rotatable bonds is 5. The standard InChI is InChI=1S/C27H29N3O3/c1-18(31)28-23-7-5-21(6-8-23)25-11-12-26(32)30-16-20-13-22(27(25)30)17-29(15-20)14-19-3-9-24(33-2)10-4-19/h3-12,20,22H,13-17H2,1-2H3,(H,28,31)/t20-,22-/m0/s1. The summed E-state index contributed by atoms with van der Waals surface area (Å²) in [6.07, 6.45) is 1.11. The van der Waals surface area contributed by atoms with E-state index >= 15 is 0 Å². The highest BCUT2D eigenvalue weighted by Gasteiger charge is 2.36. The topological polar surface area (TPSA) is 63.6 Å². The van der Waals surface area contributed by atoms with Crippen LogP contribution in [0.1, 0.15) is 30.5 Å². The molecule has 1 aromatic heterocycles. The number of hydrogen-bond donors (Lipinski definition) is 1. The molecule has 6 nitrogen and oxygen atoms in total. The van der Waals surface area contributed by atoms with Gasteiger partial charge < -0.3 is 14.6 Å². The summed E-state index contributed by atoms with van der Waals surface area (Å²) < 4.78 is 7.29. The first-order valence-electron chi connectivity index (χ1n) is 11.5. The number of hydrogen-bond acceptors (Lipinski definition) is 4. The molecule has 6 heteroatoms. The van der Waals surface area contributed by atoms with Gasteiger partial charge in [-0.25, -0.2) is 0 Å². The fraction of sp³-hybridized carbons (Fsp3) is 0.333. The van der Waals surface area contributed by atoms with Gasteiger partial charge in [-0.15, -0.1) is 0 Å². The van der Waals surface area contributed by atoms with Crippen LogP contribution in [-0.4, -0.2) is 35.6 Å². The number of anilines is 1. The van der Waals surface area contributed by atoms with Crippen LogP contribution in [0.3, 0.4) is 0 Å². The first kappa shape index (κ1) is 21.5. The summed E-state index contributed by atoms with van der Waals surface area (Å²) in [7, 11) is 1.69. The first-order chi connectivity index (χ1) is 16.0. The maximum Gasteiger partial charge on any atom is 0.250 e. The van der Waals surface area contributed by atoms with Gasteiger partial charge in [-0.2, -0.15) is 0 Å². The third-order valence-corrected chi connectivity index (χ3v) is 6.75. The minimum atomic E-state index is -0.0865. The number of methoxy groups -OCH3 is 1. The Hall–Kier alpha value is -3.38. The zero-order valence-corrected chi connectivity index (χ0v) is 19.1. The molecule has 2 atom stereocenters. The van der Waals surface area contributed by atoms with Crippen LogP contribution in [0, 0.1) is 5.92 Å². The summed E-state index contributed by atoms with van der Waals surface area (Å²) >= 11 is 0. The van der Waals surface area contributed by atoms with Crippen LogP contribution in [0.5, 0.6) is 5.75 Å². The van der Waals surface area contributed by atoms with Crippen LogP contribution in [0.2, 0.25) is 0 Å². The molecule has 2 bridgehead atoms. The molecule has 5 rings (SSSR count). The molecule has 1 fully saturated rings. The van der Waals surface area contributed by atoms with E-state index in [0.29, 0.717) is 11.8 Å². The van der Waals surface area contributed by atoms with Crippen LogP contribution < -0.4 is 15.6 Å². The van der Waals surface area contributed by atoms with E-state index in [1.54, 1.807) is 13.2 Å². The number of benzene rings is 2. The highest BCUT2D eigenvalue weighted by Crippen LogP contribution is 2.40. The van der Waals surface area contributed by atoms with Crippen LogP contribution in [0.15, 0.2) is 65.5 Å². The maximum atomic E-state index is 12.8. The molecular weight excluding hydrogens is 414 g/mol. The molecule has 33 heavy (non-hydrogen) atoms. The summed E-state index contributed by atoms with van der Waals surface area (Å²) in [5.74, 6) is 1.58. The minimum absolute atomic E-state index is 0.0851. The fourth-order valence-electron chi connectivity index (χ4n) is 5.41. The van der Waals surface area contributed by atoms with Crippen molar-refractivity contribution < 1.29 is 9.53 Å². The molecule has 0 aliphatic carbocycles. The molecule has 170 valence electrons. The van der Waals surface area contributed by atoms with Gasteiger partial charge in [0.05, 0.1) is 7.11 Å². The largest absolute Gasteiger partial charge is 0.497 e. The summed E-state index contributed by atoms with van der Waals surface area (Å²) in [5, 5.41) is 2.82. The second kappa shape index (κ2) is 8.87. The van der Waals surface area contributed by atoms with Crippen molar-refractivity contribution in [2.24, 2.45) is 5.92 Å². The number of pyridine rings is 1. The van der Waals surface area contributed by atoms with Gasteiger partial charge in [-0.3, -0.25) is 14.5 Å². The number of carbonyl (C=O) groups is 1. The van der Waals surface area contributed by atoms with Crippen molar-refractivity contribution in [3.63, 3.8) is 0 Å². The lowest BCUT2D eigenvalue weighted by Gasteiger charge is -2.43. The Bertz CT molecular complexity index is 1210. The van der Waals surface area contributed by atoms with Crippen molar-refractivity contribution in [1.82, 2.24) is 9.47 Å². The third-order valence-electron chi connectivity index (χ3n) is 6.75. The Morgan fingerprint density at radius 3 is 2.45 bits per heavy atom. The van der Waals surface area contributed by atoms with E-state index in [-0.39, 0.29) is 11.5 Å². The molecule has 1 N–H and O–H groups in total. The number of ether oxygens (including phenoxy) is 1. The lowest BCUT2D eigenvalue weighted by molar-refractivity contribution is -0.114. The van der Waals surface area contributed by atoms with Gasteiger partial charge in [0.25, 0.3) is 5.56 Å². The summed E-state index contributed by atoms with van der Waals surface area (Å²) in [6, 6.07) is 19.8. The SMILES string of the molecule is COc1ccc(CN2C[C@@H]3C[C@@H](C2)c2c(-c4ccc(NC(C)=O)cc4)ccc(=O)n2C3)cc1. The quantitative estimate of drug-likeness (QED) is 0.645. The summed E-state index contributed by atoms with van der Waals surface area (Å²) in [5.41, 5.74) is 5.45. The van der Waals surface area contributed by atoms with Gasteiger partial charge in [0, 0.05) is 62.0 Å². The van der Waals surface area contributed by atoms with E-state index in [1.807, 2.05) is 47.0 Å². The second-order valence-electron chi connectivity index (χ2n) is 9.18. The molecule has 1 amide bonds. The zero-order valence-electron chi connectivity index (χ0n) is 19.1. The van der Waals surface area contributed by atoms with E-state index < -0.39 is 0 Å². The second-order valence-corrected chi connectivity index (χ2v) is 9.18. The van der Waals surface area contributed by atoms with Crippen LogP contribution >= 0.6 is 0 Å². The molecule has 0 unspecified atom stereocenters. The minimum Gasteiger partial charge on any atom is -0.497 e. The molecule has 3 aromatic rings. The van der Waals surface area contributed by atoms with Gasteiger partial charge in [-0.05, 0) is 53.8 Å². The number of nitrogens with one attached hydrogen (secondary N) is 1. The van der Waals surface area contributed by atoms with E-state index in [4.69, 9.17) is 4.74 Å². The Balaban J connectivity index is 1.43. The number of carbonyl (C=O) groups excluding carboxylic acids is 1. The number of amides is 1. The van der Waals surface area contributed by atoms with Gasteiger partial charge in [-0.1, -0.05) is 24.3 Å². The Morgan fingerprint density at radius 2 is 1.76 bits per heavy atom. The molecule has 3 heterocycles. The van der Waals surface area contributed by atoms with Crippen molar-refractivity contribution in [2.75, 3.05) is 25.5 Å². The number of aromatic nitrogens is 1. The molecule has 2 aliphatic heterocycles. The molecule has 2 aliphatic rings. The average molecular weight is 444 g/mol. The van der Waals surface area contributed by atoms with Crippen molar-refractivity contribution >= 4 is 11.6 Å². The van der Waals surface area contributed by atoms with Crippen molar-refractivity contribution in [3.8, 4) is 16.9 Å². The summed E-state index contributed by atoms with van der Waals surface area (Å²) in [6.45, 7) is 5.11. The Labute approximate surface area is 193 Å². The number of nitrogens with zero attached hydrogens (tertiary/aromatic N) is 2. The fourth-order valence-corrected chi connectivity index (χ4v) is 5.41. The summed E-state index contributed by atoms with van der Waals surface area (Å²) in [4.78, 5) is 26.6. The van der Waals surface area contributed by atoms with Crippen molar-refractivity contribution in [2.45, 2.75) is 32.4 Å². The van der Waals surface area contributed by atoms with E-state index in [1.165, 1.54) is 12.5 Å². The highest BCUT2D eigenvalue weighted by atomic mass is 16.5. The average Bonchev–Trinajstić information content (AvgIpc) is 2.80. The Kier molecular flexibility index (Phi) is 5.77. The van der Waals surface area contributed by atoms with E-state index in [0.717, 1.165) is 60.9 Å². The van der Waals surface area contributed by atoms with E-state index in [2.05, 4.69) is 22.3 Å². The van der Waals surface area contributed by atoms with Gasteiger partial charge in [0.2, 0.25) is 5.91 Å². The van der Waals surface area contributed by atoms with Crippen LogP contribution in [0.4, 0.5) is 5.69 Å². The Morgan fingerprint density at radius 1 is 1.00 bits per heavy atom. The molecule has 0 spiro atoms. The predicted molar refractivity (Wildman–Crippen MR) is 130 cm³/mol. The number of piperidine rings is 1. The predicted octanol–water partition coefficient (Wildman–Crippen LogP) is 4.10. The van der Waals surface area contributed by atoms with Crippen LogP contribution in [0.25, 0.3) is 11.1 Å². The lowest BCUT2D eigenvalue weighted by atomic mass is 9.80. The lowest BCUT2D eigenvalue weighted by Crippen LogP contribution is -2.47. The molecule has 0 saturated carbocycles.